The van der Waals surface area contributed by atoms with Crippen LogP contribution < -0.4 is 0 Å². The molecule has 0 atom stereocenters. The third kappa shape index (κ3) is 11.8. The van der Waals surface area contributed by atoms with Crippen LogP contribution in [0, 0.1) is 0 Å². The van der Waals surface area contributed by atoms with E-state index >= 15 is 0 Å². The highest BCUT2D eigenvalue weighted by Gasteiger charge is 1.83. The lowest BCUT2D eigenvalue weighted by molar-refractivity contribution is 0.962. The van der Waals surface area contributed by atoms with Crippen molar-refractivity contribution in [3.63, 3.8) is 0 Å². The summed E-state index contributed by atoms with van der Waals surface area (Å²) in [7, 11) is 0. The molecule has 0 amide bonds. The maximum absolute atomic E-state index is 2.32. The predicted octanol–water partition coefficient (Wildman–Crippen LogP) is 6.68. The van der Waals surface area contributed by atoms with Crippen molar-refractivity contribution in [1.29, 1.82) is 0 Å². The Hall–Kier alpha value is -1.30. The van der Waals surface area contributed by atoms with E-state index in [9.17, 15) is 0 Å². The zero-order valence-electron chi connectivity index (χ0n) is 12.8. The van der Waals surface area contributed by atoms with Crippen molar-refractivity contribution in [3.05, 3.63) is 60.8 Å². The molecule has 0 aromatic rings. The molecule has 0 radical (unpaired) electrons. The lowest BCUT2D eigenvalue weighted by Crippen LogP contribution is -1.71. The van der Waals surface area contributed by atoms with Crippen molar-refractivity contribution in [1.82, 2.24) is 0 Å². The first-order chi connectivity index (χ1) is 10.0. The molecule has 0 spiro atoms. The van der Waals surface area contributed by atoms with E-state index in [2.05, 4.69) is 60.8 Å². The SMILES string of the molecule is C1=CCCC=CCCC=CCCC=CCCC=CCC1. The van der Waals surface area contributed by atoms with Gasteiger partial charge in [-0.2, -0.15) is 0 Å². The molecule has 1 rings (SSSR count). The van der Waals surface area contributed by atoms with Gasteiger partial charge < -0.3 is 0 Å². The van der Waals surface area contributed by atoms with Crippen molar-refractivity contribution >= 4 is 0 Å². The van der Waals surface area contributed by atoms with Crippen LogP contribution in [0.3, 0.4) is 0 Å². The van der Waals surface area contributed by atoms with Crippen LogP contribution in [0.15, 0.2) is 60.8 Å². The minimum Gasteiger partial charge on any atom is -0.0882 e. The molecule has 0 nitrogen and oxygen atoms in total. The summed E-state index contributed by atoms with van der Waals surface area (Å²) in [5.74, 6) is 0. The van der Waals surface area contributed by atoms with Gasteiger partial charge in [0.1, 0.15) is 0 Å². The summed E-state index contributed by atoms with van der Waals surface area (Å²) in [6, 6.07) is 0. The van der Waals surface area contributed by atoms with Crippen LogP contribution in [-0.2, 0) is 0 Å². The second kappa shape index (κ2) is 14.1. The van der Waals surface area contributed by atoms with Gasteiger partial charge in [-0.05, 0) is 64.2 Å². The van der Waals surface area contributed by atoms with Gasteiger partial charge in [0.05, 0.1) is 0 Å². The lowest BCUT2D eigenvalue weighted by atomic mass is 10.1. The Morgan fingerprint density at radius 2 is 0.300 bits per heavy atom. The molecule has 110 valence electrons. The Labute approximate surface area is 125 Å². The fourth-order valence-electron chi connectivity index (χ4n) is 2.14. The van der Waals surface area contributed by atoms with Crippen molar-refractivity contribution in [2.45, 2.75) is 64.2 Å². The minimum atomic E-state index is 1.18. The van der Waals surface area contributed by atoms with Gasteiger partial charge in [-0.15, -0.1) is 0 Å². The summed E-state index contributed by atoms with van der Waals surface area (Å²) in [5.41, 5.74) is 0. The van der Waals surface area contributed by atoms with E-state index in [0.29, 0.717) is 0 Å². The molecule has 1 aliphatic carbocycles. The number of allylic oxidation sites excluding steroid dienone is 10. The maximum Gasteiger partial charge on any atom is -0.0316 e. The van der Waals surface area contributed by atoms with Crippen molar-refractivity contribution < 1.29 is 0 Å². The molecule has 0 unspecified atom stereocenters. The van der Waals surface area contributed by atoms with E-state index in [0.717, 1.165) is 0 Å². The molecule has 0 fully saturated rings. The first-order valence-electron chi connectivity index (χ1n) is 8.25. The molecule has 0 bridgehead atoms. The fraction of sp³-hybridized carbons (Fsp3) is 0.500. The Morgan fingerprint density at radius 3 is 0.400 bits per heavy atom. The van der Waals surface area contributed by atoms with E-state index in [1.165, 1.54) is 64.2 Å². The average Bonchev–Trinajstić information content (AvgIpc) is 2.46. The molecule has 0 saturated carbocycles. The van der Waals surface area contributed by atoms with Gasteiger partial charge in [0.15, 0.2) is 0 Å². The van der Waals surface area contributed by atoms with E-state index in [-0.39, 0.29) is 0 Å². The molecule has 0 heterocycles. The van der Waals surface area contributed by atoms with Crippen LogP contribution in [0.5, 0.6) is 0 Å². The Balaban J connectivity index is 2.29. The first-order valence-corrected chi connectivity index (χ1v) is 8.25. The molecule has 0 heteroatoms. The molecule has 0 saturated heterocycles. The first kappa shape index (κ1) is 16.8. The third-order valence-electron chi connectivity index (χ3n) is 3.33. The third-order valence-corrected chi connectivity index (χ3v) is 3.33. The van der Waals surface area contributed by atoms with Crippen LogP contribution in [0.25, 0.3) is 0 Å². The smallest absolute Gasteiger partial charge is 0.0316 e. The molecule has 0 N–H and O–H groups in total. The highest BCUT2D eigenvalue weighted by Crippen LogP contribution is 2.03. The van der Waals surface area contributed by atoms with Gasteiger partial charge in [0.25, 0.3) is 0 Å². The normalized spacial score (nSPS) is 20.0. The average molecular weight is 270 g/mol. The monoisotopic (exact) mass is 270 g/mol. The van der Waals surface area contributed by atoms with E-state index in [1.54, 1.807) is 0 Å². The molecular weight excluding hydrogens is 240 g/mol. The Kier molecular flexibility index (Phi) is 11.8. The van der Waals surface area contributed by atoms with Gasteiger partial charge in [-0.3, -0.25) is 0 Å². The van der Waals surface area contributed by atoms with Crippen molar-refractivity contribution in [3.8, 4) is 0 Å². The van der Waals surface area contributed by atoms with Gasteiger partial charge in [-0.1, -0.05) is 60.8 Å². The summed E-state index contributed by atoms with van der Waals surface area (Å²) < 4.78 is 0. The van der Waals surface area contributed by atoms with E-state index < -0.39 is 0 Å². The summed E-state index contributed by atoms with van der Waals surface area (Å²) in [5, 5.41) is 0. The number of hydrogen-bond acceptors (Lipinski definition) is 0. The summed E-state index contributed by atoms with van der Waals surface area (Å²) in [6.45, 7) is 0. The highest BCUT2D eigenvalue weighted by atomic mass is 13.9. The largest absolute Gasteiger partial charge is 0.0882 e. The number of rotatable bonds is 0. The van der Waals surface area contributed by atoms with Crippen LogP contribution in [0.1, 0.15) is 64.2 Å². The Morgan fingerprint density at radius 1 is 0.200 bits per heavy atom. The fourth-order valence-corrected chi connectivity index (χ4v) is 2.14. The van der Waals surface area contributed by atoms with Crippen LogP contribution in [0.2, 0.25) is 0 Å². The van der Waals surface area contributed by atoms with Gasteiger partial charge in [0.2, 0.25) is 0 Å². The molecule has 0 aromatic carbocycles. The molecule has 1 aliphatic rings. The topological polar surface area (TPSA) is 0 Å². The molecule has 0 aromatic heterocycles. The highest BCUT2D eigenvalue weighted by molar-refractivity contribution is 4.94. The van der Waals surface area contributed by atoms with Crippen LogP contribution >= 0.6 is 0 Å². The second-order valence-electron chi connectivity index (χ2n) is 5.24. The van der Waals surface area contributed by atoms with Crippen LogP contribution in [-0.4, -0.2) is 0 Å². The standard InChI is InChI=1S/C20H30/c1-2-4-6-8-10-12-14-16-18-20-19-17-15-13-11-9-7-5-3-1/h1-2,7-10,15-18H,3-6,11-14,19-20H2. The molecular formula is C20H30. The lowest BCUT2D eigenvalue weighted by Gasteiger charge is -1.92. The zero-order valence-corrected chi connectivity index (χ0v) is 12.8. The van der Waals surface area contributed by atoms with Gasteiger partial charge in [0, 0.05) is 0 Å². The summed E-state index contributed by atoms with van der Waals surface area (Å²) in [6.07, 6.45) is 35.0. The minimum absolute atomic E-state index is 1.18. The maximum atomic E-state index is 2.32. The van der Waals surface area contributed by atoms with E-state index in [1.807, 2.05) is 0 Å². The second-order valence-corrected chi connectivity index (χ2v) is 5.24. The Bertz CT molecular complexity index is 228. The van der Waals surface area contributed by atoms with Crippen molar-refractivity contribution in [2.75, 3.05) is 0 Å². The van der Waals surface area contributed by atoms with Crippen LogP contribution in [0.4, 0.5) is 0 Å². The molecule has 0 aliphatic heterocycles. The van der Waals surface area contributed by atoms with E-state index in [4.69, 9.17) is 0 Å². The van der Waals surface area contributed by atoms with Gasteiger partial charge >= 0.3 is 0 Å². The van der Waals surface area contributed by atoms with Crippen molar-refractivity contribution in [2.24, 2.45) is 0 Å². The predicted molar refractivity (Wildman–Crippen MR) is 91.9 cm³/mol. The summed E-state index contributed by atoms with van der Waals surface area (Å²) in [4.78, 5) is 0. The number of hydrogen-bond donors (Lipinski definition) is 0. The zero-order chi connectivity index (χ0) is 14.1. The van der Waals surface area contributed by atoms with Gasteiger partial charge in [-0.25, -0.2) is 0 Å². The molecule has 20 heavy (non-hydrogen) atoms. The summed E-state index contributed by atoms with van der Waals surface area (Å²) >= 11 is 0. The quantitative estimate of drug-likeness (QED) is 0.430.